The van der Waals surface area contributed by atoms with Crippen LogP contribution in [0.5, 0.6) is 0 Å². The molecule has 1 aliphatic heterocycles. The van der Waals surface area contributed by atoms with Gasteiger partial charge in [0.15, 0.2) is 0 Å². The van der Waals surface area contributed by atoms with E-state index in [4.69, 9.17) is 11.6 Å². The molecule has 1 N–H and O–H groups in total. The quantitative estimate of drug-likeness (QED) is 0.758. The van der Waals surface area contributed by atoms with Gasteiger partial charge in [-0.05, 0) is 42.1 Å². The van der Waals surface area contributed by atoms with Crippen molar-refractivity contribution in [2.75, 3.05) is 20.1 Å². The SMILES string of the molecule is CN(C(=O)c1ccn[nH]1)[C@H]1CCN(Cc2cc3cc(Cl)ccc3s2)C1. The Kier molecular flexibility index (Phi) is 4.50. The summed E-state index contributed by atoms with van der Waals surface area (Å²) in [4.78, 5) is 18.0. The maximum Gasteiger partial charge on any atom is 0.271 e. The molecule has 7 heteroatoms. The fourth-order valence-corrected chi connectivity index (χ4v) is 4.64. The van der Waals surface area contributed by atoms with E-state index in [-0.39, 0.29) is 11.9 Å². The molecule has 3 heterocycles. The second-order valence-corrected chi connectivity index (χ2v) is 8.06. The van der Waals surface area contributed by atoms with Crippen LogP contribution < -0.4 is 0 Å². The molecule has 4 rings (SSSR count). The lowest BCUT2D eigenvalue weighted by Crippen LogP contribution is -2.39. The lowest BCUT2D eigenvalue weighted by atomic mass is 10.2. The number of nitrogens with zero attached hydrogens (tertiary/aromatic N) is 3. The molecule has 25 heavy (non-hydrogen) atoms. The molecule has 0 bridgehead atoms. The standard InChI is InChI=1S/C18H19ClN4OS/c1-22(18(24)16-4-6-20-21-16)14-5-7-23(10-14)11-15-9-12-8-13(19)2-3-17(12)25-15/h2-4,6,8-9,14H,5,7,10-11H2,1H3,(H,20,21)/t14-/m0/s1. The van der Waals surface area contributed by atoms with Gasteiger partial charge in [-0.3, -0.25) is 14.8 Å². The number of hydrogen-bond donors (Lipinski definition) is 1. The Balaban J connectivity index is 1.40. The number of hydrogen-bond acceptors (Lipinski definition) is 4. The van der Waals surface area contributed by atoms with Gasteiger partial charge in [0.1, 0.15) is 5.69 Å². The van der Waals surface area contributed by atoms with E-state index in [0.29, 0.717) is 5.69 Å². The second-order valence-electron chi connectivity index (χ2n) is 6.46. The van der Waals surface area contributed by atoms with Crippen LogP contribution in [0.25, 0.3) is 10.1 Å². The molecule has 1 saturated heterocycles. The number of carbonyl (C=O) groups excluding carboxylic acids is 1. The molecule has 1 aromatic carbocycles. The molecule has 0 saturated carbocycles. The molecule has 1 aliphatic rings. The molecule has 3 aromatic rings. The number of benzene rings is 1. The lowest BCUT2D eigenvalue weighted by Gasteiger charge is -2.24. The Labute approximate surface area is 155 Å². The van der Waals surface area contributed by atoms with E-state index >= 15 is 0 Å². The number of likely N-dealkylation sites (N-methyl/N-ethyl adjacent to an activating group) is 1. The summed E-state index contributed by atoms with van der Waals surface area (Å²) in [5, 5.41) is 8.59. The first kappa shape index (κ1) is 16.6. The van der Waals surface area contributed by atoms with E-state index in [2.05, 4.69) is 27.2 Å². The van der Waals surface area contributed by atoms with Crippen molar-refractivity contribution in [2.45, 2.75) is 19.0 Å². The first-order valence-electron chi connectivity index (χ1n) is 8.27. The van der Waals surface area contributed by atoms with E-state index in [0.717, 1.165) is 31.1 Å². The third-order valence-corrected chi connectivity index (χ3v) is 6.09. The maximum absolute atomic E-state index is 12.4. The van der Waals surface area contributed by atoms with Crippen LogP contribution in [0.2, 0.25) is 5.02 Å². The molecular weight excluding hydrogens is 356 g/mol. The minimum atomic E-state index is 0.000791. The third-order valence-electron chi connectivity index (χ3n) is 4.76. The topological polar surface area (TPSA) is 52.2 Å². The predicted molar refractivity (Wildman–Crippen MR) is 101 cm³/mol. The van der Waals surface area contributed by atoms with Gasteiger partial charge in [-0.1, -0.05) is 11.6 Å². The molecule has 5 nitrogen and oxygen atoms in total. The van der Waals surface area contributed by atoms with Gasteiger partial charge in [-0.2, -0.15) is 5.10 Å². The van der Waals surface area contributed by atoms with E-state index < -0.39 is 0 Å². The first-order chi connectivity index (χ1) is 12.1. The molecule has 1 amide bonds. The van der Waals surface area contributed by atoms with Crippen LogP contribution in [0.4, 0.5) is 0 Å². The first-order valence-corrected chi connectivity index (χ1v) is 9.46. The summed E-state index contributed by atoms with van der Waals surface area (Å²) in [7, 11) is 1.87. The molecule has 130 valence electrons. The largest absolute Gasteiger partial charge is 0.336 e. The normalized spacial score (nSPS) is 18.1. The van der Waals surface area contributed by atoms with Crippen LogP contribution in [0, 0.1) is 0 Å². The average molecular weight is 375 g/mol. The minimum Gasteiger partial charge on any atom is -0.336 e. The molecule has 0 spiro atoms. The highest BCUT2D eigenvalue weighted by molar-refractivity contribution is 7.19. The van der Waals surface area contributed by atoms with Crippen molar-refractivity contribution < 1.29 is 4.79 Å². The van der Waals surface area contributed by atoms with Crippen LogP contribution in [0.3, 0.4) is 0 Å². The second kappa shape index (κ2) is 6.78. The highest BCUT2D eigenvalue weighted by atomic mass is 35.5. The van der Waals surface area contributed by atoms with Crippen molar-refractivity contribution in [1.29, 1.82) is 0 Å². The number of aromatic nitrogens is 2. The number of fused-ring (bicyclic) bond motifs is 1. The molecule has 1 atom stereocenters. The van der Waals surface area contributed by atoms with Gasteiger partial charge in [0.05, 0.1) is 0 Å². The van der Waals surface area contributed by atoms with Crippen LogP contribution in [-0.4, -0.2) is 52.1 Å². The fourth-order valence-electron chi connectivity index (χ4n) is 3.37. The van der Waals surface area contributed by atoms with E-state index in [1.54, 1.807) is 12.3 Å². The van der Waals surface area contributed by atoms with Crippen molar-refractivity contribution in [2.24, 2.45) is 0 Å². The Morgan fingerprint density at radius 1 is 1.44 bits per heavy atom. The molecular formula is C18H19ClN4OS. The number of carbonyl (C=O) groups is 1. The number of thiophene rings is 1. The van der Waals surface area contributed by atoms with Gasteiger partial charge in [0.2, 0.25) is 0 Å². The van der Waals surface area contributed by atoms with Crippen LogP contribution in [0.15, 0.2) is 36.5 Å². The number of aromatic amines is 1. The van der Waals surface area contributed by atoms with Gasteiger partial charge < -0.3 is 4.90 Å². The van der Waals surface area contributed by atoms with E-state index in [1.165, 1.54) is 15.0 Å². The van der Waals surface area contributed by atoms with Gasteiger partial charge in [-0.15, -0.1) is 11.3 Å². The summed E-state index contributed by atoms with van der Waals surface area (Å²) in [6.45, 7) is 2.81. The smallest absolute Gasteiger partial charge is 0.271 e. The summed E-state index contributed by atoms with van der Waals surface area (Å²) >= 11 is 7.89. The molecule has 0 aliphatic carbocycles. The monoisotopic (exact) mass is 374 g/mol. The van der Waals surface area contributed by atoms with E-state index in [9.17, 15) is 4.79 Å². The maximum atomic E-state index is 12.4. The zero-order valence-corrected chi connectivity index (χ0v) is 15.5. The number of likely N-dealkylation sites (tertiary alicyclic amines) is 1. The molecule has 2 aromatic heterocycles. The number of rotatable bonds is 4. The number of halogens is 1. The summed E-state index contributed by atoms with van der Waals surface area (Å²) < 4.78 is 1.27. The van der Waals surface area contributed by atoms with Gasteiger partial charge in [0.25, 0.3) is 5.91 Å². The summed E-state index contributed by atoms with van der Waals surface area (Å²) in [6.07, 6.45) is 2.60. The van der Waals surface area contributed by atoms with Crippen LogP contribution in [-0.2, 0) is 6.54 Å². The van der Waals surface area contributed by atoms with Crippen molar-refractivity contribution in [1.82, 2.24) is 20.0 Å². The minimum absolute atomic E-state index is 0.000791. The Morgan fingerprint density at radius 2 is 2.32 bits per heavy atom. The fraction of sp³-hybridized carbons (Fsp3) is 0.333. The summed E-state index contributed by atoms with van der Waals surface area (Å²) in [6, 6.07) is 10.2. The van der Waals surface area contributed by atoms with Gasteiger partial charge >= 0.3 is 0 Å². The predicted octanol–water partition coefficient (Wildman–Crippen LogP) is 3.62. The molecule has 0 unspecified atom stereocenters. The number of amides is 1. The van der Waals surface area contributed by atoms with Gasteiger partial charge in [-0.25, -0.2) is 0 Å². The highest BCUT2D eigenvalue weighted by Crippen LogP contribution is 2.30. The van der Waals surface area contributed by atoms with Crippen molar-refractivity contribution in [3.05, 3.63) is 52.1 Å². The number of nitrogens with one attached hydrogen (secondary N) is 1. The molecule has 1 fully saturated rings. The van der Waals surface area contributed by atoms with Crippen molar-refractivity contribution in [3.8, 4) is 0 Å². The van der Waals surface area contributed by atoms with Gasteiger partial charge in [0, 0.05) is 53.5 Å². The average Bonchev–Trinajstić information content (AvgIpc) is 3.33. The Hall–Kier alpha value is -1.89. The summed E-state index contributed by atoms with van der Waals surface area (Å²) in [5.74, 6) is 0.000791. The van der Waals surface area contributed by atoms with Crippen molar-refractivity contribution in [3.63, 3.8) is 0 Å². The molecule has 0 radical (unpaired) electrons. The zero-order chi connectivity index (χ0) is 17.4. The van der Waals surface area contributed by atoms with E-state index in [1.807, 2.05) is 35.4 Å². The van der Waals surface area contributed by atoms with Crippen LogP contribution >= 0.6 is 22.9 Å². The highest BCUT2D eigenvalue weighted by Gasteiger charge is 2.29. The number of H-pyrrole nitrogens is 1. The Morgan fingerprint density at radius 3 is 3.12 bits per heavy atom. The summed E-state index contributed by atoms with van der Waals surface area (Å²) in [5.41, 5.74) is 0.544. The lowest BCUT2D eigenvalue weighted by molar-refractivity contribution is 0.0729. The van der Waals surface area contributed by atoms with Crippen molar-refractivity contribution >= 4 is 38.9 Å². The van der Waals surface area contributed by atoms with Crippen LogP contribution in [0.1, 0.15) is 21.8 Å². The zero-order valence-electron chi connectivity index (χ0n) is 13.9. The Bertz CT molecular complexity index is 892. The third kappa shape index (κ3) is 3.42.